The fraction of sp³-hybridized carbons (Fsp3) is 0.333. The fourth-order valence-corrected chi connectivity index (χ4v) is 2.79. The molecule has 0 atom stereocenters. The molecule has 0 nitrogen and oxygen atoms in total. The van der Waals surface area contributed by atoms with E-state index in [1.165, 1.54) is 17.2 Å². The Bertz CT molecular complexity index is 392. The average Bonchev–Trinajstić information content (AvgIpc) is 2.63. The minimum atomic E-state index is -0.201. The zero-order valence-corrected chi connectivity index (χ0v) is 10.5. The number of alkyl halides is 1. The van der Waals surface area contributed by atoms with Gasteiger partial charge in [0.25, 0.3) is 0 Å². The molecule has 0 saturated heterocycles. The van der Waals surface area contributed by atoms with Crippen molar-refractivity contribution in [1.29, 1.82) is 0 Å². The molecule has 0 aliphatic heterocycles. The lowest BCUT2D eigenvalue weighted by Gasteiger charge is -2.06. The van der Waals surface area contributed by atoms with E-state index < -0.39 is 0 Å². The van der Waals surface area contributed by atoms with Crippen molar-refractivity contribution in [3.8, 4) is 0 Å². The summed E-state index contributed by atoms with van der Waals surface area (Å²) >= 11 is 9.18. The highest BCUT2D eigenvalue weighted by Gasteiger charge is 2.16. The largest absolute Gasteiger partial charge is 0.207 e. The van der Waals surface area contributed by atoms with Crippen molar-refractivity contribution in [3.05, 3.63) is 39.6 Å². The van der Waals surface area contributed by atoms with Gasteiger partial charge in [-0.25, -0.2) is 4.39 Å². The van der Waals surface area contributed by atoms with Crippen LogP contribution in [0.4, 0.5) is 4.39 Å². The van der Waals surface area contributed by atoms with Crippen LogP contribution in [0.25, 0.3) is 5.57 Å². The number of hydrogen-bond acceptors (Lipinski definition) is 0. The maximum atomic E-state index is 13.2. The number of allylic oxidation sites excluding steroid dienone is 2. The number of rotatable bonds is 2. The summed E-state index contributed by atoms with van der Waals surface area (Å²) in [6.45, 7) is 0. The first-order chi connectivity index (χ1) is 7.20. The zero-order chi connectivity index (χ0) is 10.8. The van der Waals surface area contributed by atoms with Gasteiger partial charge < -0.3 is 0 Å². The van der Waals surface area contributed by atoms with Crippen molar-refractivity contribution >= 4 is 33.1 Å². The van der Waals surface area contributed by atoms with Crippen LogP contribution in [0, 0.1) is 5.82 Å². The van der Waals surface area contributed by atoms with Crippen molar-refractivity contribution in [3.63, 3.8) is 0 Å². The van der Waals surface area contributed by atoms with Gasteiger partial charge in [-0.15, -0.1) is 11.6 Å². The molecule has 0 saturated carbocycles. The highest BCUT2D eigenvalue weighted by molar-refractivity contribution is 9.10. The lowest BCUT2D eigenvalue weighted by Crippen LogP contribution is -1.88. The lowest BCUT2D eigenvalue weighted by atomic mass is 10.0. The summed E-state index contributed by atoms with van der Waals surface area (Å²) < 4.78 is 14.0. The van der Waals surface area contributed by atoms with Crippen LogP contribution in [-0.2, 0) is 0 Å². The Morgan fingerprint density at radius 3 is 2.73 bits per heavy atom. The van der Waals surface area contributed by atoms with E-state index in [0.717, 1.165) is 29.3 Å². The Hall–Kier alpha value is -0.340. The van der Waals surface area contributed by atoms with E-state index in [1.54, 1.807) is 6.07 Å². The molecule has 0 bridgehead atoms. The van der Waals surface area contributed by atoms with Crippen LogP contribution < -0.4 is 0 Å². The second-order valence-electron chi connectivity index (χ2n) is 3.73. The van der Waals surface area contributed by atoms with Crippen molar-refractivity contribution in [2.24, 2.45) is 0 Å². The van der Waals surface area contributed by atoms with Crippen molar-refractivity contribution < 1.29 is 4.39 Å². The minimum absolute atomic E-state index is 0.201. The first-order valence-corrected chi connectivity index (χ1v) is 6.27. The van der Waals surface area contributed by atoms with E-state index >= 15 is 0 Å². The predicted octanol–water partition coefficient (Wildman–Crippen LogP) is 4.76. The molecule has 3 heteroatoms. The van der Waals surface area contributed by atoms with Gasteiger partial charge in [-0.3, -0.25) is 0 Å². The van der Waals surface area contributed by atoms with Gasteiger partial charge >= 0.3 is 0 Å². The maximum absolute atomic E-state index is 13.2. The number of benzene rings is 1. The maximum Gasteiger partial charge on any atom is 0.124 e. The fourth-order valence-electron chi connectivity index (χ4n) is 2.03. The Kier molecular flexibility index (Phi) is 3.47. The van der Waals surface area contributed by atoms with E-state index in [0.29, 0.717) is 5.88 Å². The molecule has 0 spiro atoms. The SMILES string of the molecule is Fc1cc(Br)cc(C2=C(CCl)CCC2)c1. The van der Waals surface area contributed by atoms with Gasteiger partial charge in [-0.1, -0.05) is 21.5 Å². The molecular weight excluding hydrogens is 278 g/mol. The Labute approximate surface area is 102 Å². The third-order valence-corrected chi connectivity index (χ3v) is 3.48. The van der Waals surface area contributed by atoms with E-state index in [4.69, 9.17) is 11.6 Å². The Morgan fingerprint density at radius 2 is 2.07 bits per heavy atom. The molecule has 1 aromatic carbocycles. The Balaban J connectivity index is 2.44. The summed E-state index contributed by atoms with van der Waals surface area (Å²) in [6, 6.07) is 5.01. The smallest absolute Gasteiger partial charge is 0.124 e. The van der Waals surface area contributed by atoms with E-state index in [9.17, 15) is 4.39 Å². The van der Waals surface area contributed by atoms with E-state index in [2.05, 4.69) is 15.9 Å². The third-order valence-electron chi connectivity index (χ3n) is 2.70. The van der Waals surface area contributed by atoms with Crippen LogP contribution in [0.5, 0.6) is 0 Å². The van der Waals surface area contributed by atoms with Crippen molar-refractivity contribution in [2.45, 2.75) is 19.3 Å². The average molecular weight is 290 g/mol. The summed E-state index contributed by atoms with van der Waals surface area (Å²) in [4.78, 5) is 0. The standard InChI is InChI=1S/C12H11BrClF/c13-10-4-9(5-11(15)6-10)12-3-1-2-8(12)7-14/h4-6H,1-3,7H2. The van der Waals surface area contributed by atoms with E-state index in [-0.39, 0.29) is 5.82 Å². The topological polar surface area (TPSA) is 0 Å². The van der Waals surface area contributed by atoms with Gasteiger partial charge in [0, 0.05) is 10.4 Å². The van der Waals surface area contributed by atoms with Gasteiger partial charge in [0.2, 0.25) is 0 Å². The van der Waals surface area contributed by atoms with Gasteiger partial charge in [0.1, 0.15) is 5.82 Å². The quantitative estimate of drug-likeness (QED) is 0.688. The molecule has 80 valence electrons. The minimum Gasteiger partial charge on any atom is -0.207 e. The van der Waals surface area contributed by atoms with Crippen molar-refractivity contribution in [1.82, 2.24) is 0 Å². The molecule has 0 unspecified atom stereocenters. The van der Waals surface area contributed by atoms with Crippen LogP contribution in [0.3, 0.4) is 0 Å². The Morgan fingerprint density at radius 1 is 1.27 bits per heavy atom. The highest BCUT2D eigenvalue weighted by atomic mass is 79.9. The van der Waals surface area contributed by atoms with Gasteiger partial charge in [0.15, 0.2) is 0 Å². The highest BCUT2D eigenvalue weighted by Crippen LogP contribution is 2.35. The molecule has 2 rings (SSSR count). The molecule has 15 heavy (non-hydrogen) atoms. The molecular formula is C12H11BrClF. The zero-order valence-electron chi connectivity index (χ0n) is 8.19. The van der Waals surface area contributed by atoms with Crippen molar-refractivity contribution in [2.75, 3.05) is 5.88 Å². The first-order valence-electron chi connectivity index (χ1n) is 4.94. The molecule has 1 aliphatic carbocycles. The normalized spacial score (nSPS) is 16.2. The summed E-state index contributed by atoms with van der Waals surface area (Å²) in [5, 5.41) is 0. The summed E-state index contributed by atoms with van der Waals surface area (Å²) in [5.41, 5.74) is 3.45. The van der Waals surface area contributed by atoms with Gasteiger partial charge in [0.05, 0.1) is 0 Å². The van der Waals surface area contributed by atoms with Crippen LogP contribution in [-0.4, -0.2) is 5.88 Å². The summed E-state index contributed by atoms with van der Waals surface area (Å²) in [6.07, 6.45) is 3.19. The van der Waals surface area contributed by atoms with Crippen LogP contribution in [0.1, 0.15) is 24.8 Å². The first kappa shape index (κ1) is 11.2. The number of halogens is 3. The monoisotopic (exact) mass is 288 g/mol. The third kappa shape index (κ3) is 2.43. The molecule has 0 aromatic heterocycles. The predicted molar refractivity (Wildman–Crippen MR) is 65.6 cm³/mol. The summed E-state index contributed by atoms with van der Waals surface area (Å²) in [5.74, 6) is 0.358. The molecule has 0 fully saturated rings. The molecule has 0 N–H and O–H groups in total. The van der Waals surface area contributed by atoms with Crippen LogP contribution >= 0.6 is 27.5 Å². The van der Waals surface area contributed by atoms with E-state index in [1.807, 2.05) is 6.07 Å². The lowest BCUT2D eigenvalue weighted by molar-refractivity contribution is 0.626. The molecule has 1 aromatic rings. The second-order valence-corrected chi connectivity index (χ2v) is 4.91. The van der Waals surface area contributed by atoms with Gasteiger partial charge in [-0.2, -0.15) is 0 Å². The molecule has 0 radical (unpaired) electrons. The molecule has 0 heterocycles. The van der Waals surface area contributed by atoms with Crippen LogP contribution in [0.2, 0.25) is 0 Å². The summed E-state index contributed by atoms with van der Waals surface area (Å²) in [7, 11) is 0. The number of hydrogen-bond donors (Lipinski definition) is 0. The molecule has 0 amide bonds. The van der Waals surface area contributed by atoms with Gasteiger partial charge in [-0.05, 0) is 48.6 Å². The van der Waals surface area contributed by atoms with Crippen LogP contribution in [0.15, 0.2) is 28.2 Å². The second kappa shape index (κ2) is 4.67. The molecule has 1 aliphatic rings.